The van der Waals surface area contributed by atoms with Gasteiger partial charge in [0.2, 0.25) is 0 Å². The lowest BCUT2D eigenvalue weighted by molar-refractivity contribution is -0.140. The molecule has 17 heavy (non-hydrogen) atoms. The molecule has 0 aliphatic carbocycles. The molecule has 0 bridgehead atoms. The molecule has 0 aliphatic heterocycles. The van der Waals surface area contributed by atoms with E-state index in [0.717, 1.165) is 0 Å². The van der Waals surface area contributed by atoms with Crippen molar-refractivity contribution in [3.8, 4) is 0 Å². The van der Waals surface area contributed by atoms with E-state index in [2.05, 4.69) is 5.32 Å². The van der Waals surface area contributed by atoms with E-state index < -0.39 is 17.8 Å². The quantitative estimate of drug-likeness (QED) is 0.882. The zero-order valence-corrected chi connectivity index (χ0v) is 10.8. The minimum Gasteiger partial charge on any atom is -0.481 e. The average molecular weight is 279 g/mol. The fourth-order valence-corrected chi connectivity index (χ4v) is 1.56. The van der Waals surface area contributed by atoms with E-state index in [0.29, 0.717) is 0 Å². The molecule has 5 nitrogen and oxygen atoms in total. The second kappa shape index (κ2) is 5.42. The maximum absolute atomic E-state index is 11.7. The number of rotatable bonds is 4. The monoisotopic (exact) mass is 278 g/mol. The van der Waals surface area contributed by atoms with E-state index in [1.807, 2.05) is 0 Å². The van der Waals surface area contributed by atoms with Crippen molar-refractivity contribution >= 4 is 35.1 Å². The molecule has 94 valence electrons. The van der Waals surface area contributed by atoms with Crippen LogP contribution in [0.1, 0.15) is 17.4 Å². The number of amides is 1. The van der Waals surface area contributed by atoms with Crippen LogP contribution in [-0.2, 0) is 11.8 Å². The third-order valence-electron chi connectivity index (χ3n) is 2.34. The SMILES string of the molecule is CC(CNC(=O)c1cc(Cl)c(Cl)n1C)C(=O)O. The van der Waals surface area contributed by atoms with Crippen LogP contribution in [0.15, 0.2) is 6.07 Å². The number of hydrogen-bond donors (Lipinski definition) is 2. The molecule has 1 rings (SSSR count). The molecule has 1 amide bonds. The molecule has 0 spiro atoms. The molecule has 1 aromatic heterocycles. The summed E-state index contributed by atoms with van der Waals surface area (Å²) >= 11 is 11.6. The molecule has 0 aliphatic rings. The molecule has 0 saturated carbocycles. The number of aliphatic carboxylic acids is 1. The molecule has 7 heteroatoms. The van der Waals surface area contributed by atoms with Gasteiger partial charge in [-0.05, 0) is 6.07 Å². The van der Waals surface area contributed by atoms with Gasteiger partial charge >= 0.3 is 5.97 Å². The van der Waals surface area contributed by atoms with Gasteiger partial charge in [0.25, 0.3) is 5.91 Å². The number of carboxylic acid groups (broad SMARTS) is 1. The van der Waals surface area contributed by atoms with Crippen LogP contribution in [0.3, 0.4) is 0 Å². The highest BCUT2D eigenvalue weighted by Gasteiger charge is 2.17. The van der Waals surface area contributed by atoms with Crippen LogP contribution in [0.25, 0.3) is 0 Å². The van der Waals surface area contributed by atoms with Gasteiger partial charge in [0.05, 0.1) is 10.9 Å². The van der Waals surface area contributed by atoms with E-state index in [9.17, 15) is 9.59 Å². The Hall–Kier alpha value is -1.20. The normalized spacial score (nSPS) is 12.2. The first-order valence-corrected chi connectivity index (χ1v) is 5.62. The standard InChI is InChI=1S/C10H12Cl2N2O3/c1-5(10(16)17)4-13-9(15)7-3-6(11)8(12)14(7)2/h3,5H,4H2,1-2H3,(H,13,15)(H,16,17). The van der Waals surface area contributed by atoms with Crippen molar-refractivity contribution in [1.82, 2.24) is 9.88 Å². The van der Waals surface area contributed by atoms with E-state index in [-0.39, 0.29) is 22.4 Å². The van der Waals surface area contributed by atoms with Crippen LogP contribution in [0.4, 0.5) is 0 Å². The number of carbonyl (C=O) groups is 2. The van der Waals surface area contributed by atoms with Crippen molar-refractivity contribution < 1.29 is 14.7 Å². The molecule has 0 radical (unpaired) electrons. The number of carboxylic acids is 1. The van der Waals surface area contributed by atoms with Crippen molar-refractivity contribution in [3.63, 3.8) is 0 Å². The van der Waals surface area contributed by atoms with Gasteiger partial charge < -0.3 is 15.0 Å². The number of nitrogens with zero attached hydrogens (tertiary/aromatic N) is 1. The first kappa shape index (κ1) is 13.9. The predicted molar refractivity (Wildman–Crippen MR) is 64.6 cm³/mol. The second-order valence-corrected chi connectivity index (χ2v) is 4.44. The lowest BCUT2D eigenvalue weighted by Crippen LogP contribution is -2.32. The molecular weight excluding hydrogens is 267 g/mol. The smallest absolute Gasteiger partial charge is 0.308 e. The summed E-state index contributed by atoms with van der Waals surface area (Å²) in [5.74, 6) is -2.02. The fourth-order valence-electron chi connectivity index (χ4n) is 1.18. The minimum absolute atomic E-state index is 0.0502. The van der Waals surface area contributed by atoms with Gasteiger partial charge in [0.15, 0.2) is 0 Å². The van der Waals surface area contributed by atoms with Crippen LogP contribution in [0, 0.1) is 5.92 Å². The Balaban J connectivity index is 2.71. The Morgan fingerprint density at radius 2 is 2.12 bits per heavy atom. The summed E-state index contributed by atoms with van der Waals surface area (Å²) in [6, 6.07) is 1.44. The molecule has 0 aromatic carbocycles. The van der Waals surface area contributed by atoms with Gasteiger partial charge in [0.1, 0.15) is 10.8 Å². The highest BCUT2D eigenvalue weighted by molar-refractivity contribution is 6.41. The third-order valence-corrected chi connectivity index (χ3v) is 3.18. The van der Waals surface area contributed by atoms with Crippen molar-refractivity contribution in [2.45, 2.75) is 6.92 Å². The van der Waals surface area contributed by atoms with Crippen LogP contribution < -0.4 is 5.32 Å². The molecule has 1 atom stereocenters. The second-order valence-electron chi connectivity index (χ2n) is 3.68. The van der Waals surface area contributed by atoms with Gasteiger partial charge in [-0.25, -0.2) is 0 Å². The fraction of sp³-hybridized carbons (Fsp3) is 0.400. The number of carbonyl (C=O) groups excluding carboxylic acids is 1. The first-order chi connectivity index (χ1) is 7.84. The highest BCUT2D eigenvalue weighted by Crippen LogP contribution is 2.24. The number of aromatic nitrogens is 1. The van der Waals surface area contributed by atoms with Gasteiger partial charge in [-0.3, -0.25) is 9.59 Å². The lowest BCUT2D eigenvalue weighted by atomic mass is 10.2. The molecule has 1 unspecified atom stereocenters. The molecule has 1 heterocycles. The summed E-state index contributed by atoms with van der Waals surface area (Å²) in [5.41, 5.74) is 0.289. The van der Waals surface area contributed by atoms with Crippen molar-refractivity contribution in [1.29, 1.82) is 0 Å². The molecule has 0 saturated heterocycles. The summed E-state index contributed by atoms with van der Waals surface area (Å²) in [7, 11) is 1.60. The van der Waals surface area contributed by atoms with Crippen LogP contribution in [-0.4, -0.2) is 28.1 Å². The number of halogens is 2. The van der Waals surface area contributed by atoms with Crippen LogP contribution in [0.5, 0.6) is 0 Å². The van der Waals surface area contributed by atoms with Gasteiger partial charge in [-0.15, -0.1) is 0 Å². The minimum atomic E-state index is -0.965. The summed E-state index contributed by atoms with van der Waals surface area (Å²) in [6.45, 7) is 1.56. The predicted octanol–water partition coefficient (Wildman–Crippen LogP) is 1.78. The maximum Gasteiger partial charge on any atom is 0.308 e. The lowest BCUT2D eigenvalue weighted by Gasteiger charge is -2.09. The Morgan fingerprint density at radius 3 is 2.53 bits per heavy atom. The number of hydrogen-bond acceptors (Lipinski definition) is 2. The topological polar surface area (TPSA) is 71.3 Å². The molecule has 2 N–H and O–H groups in total. The van der Waals surface area contributed by atoms with Crippen molar-refractivity contribution in [2.75, 3.05) is 6.54 Å². The first-order valence-electron chi connectivity index (χ1n) is 4.86. The van der Waals surface area contributed by atoms with E-state index in [4.69, 9.17) is 28.3 Å². The number of nitrogens with one attached hydrogen (secondary N) is 1. The summed E-state index contributed by atoms with van der Waals surface area (Å²) in [4.78, 5) is 22.3. The third kappa shape index (κ3) is 3.14. The largest absolute Gasteiger partial charge is 0.481 e. The van der Waals surface area contributed by atoms with Crippen molar-refractivity contribution in [3.05, 3.63) is 21.9 Å². The molecule has 0 fully saturated rings. The van der Waals surface area contributed by atoms with Crippen LogP contribution in [0.2, 0.25) is 10.2 Å². The molecular formula is C10H12Cl2N2O3. The van der Waals surface area contributed by atoms with Crippen molar-refractivity contribution in [2.24, 2.45) is 13.0 Å². The van der Waals surface area contributed by atoms with Gasteiger partial charge in [-0.1, -0.05) is 30.1 Å². The van der Waals surface area contributed by atoms with E-state index in [1.54, 1.807) is 7.05 Å². The Kier molecular flexibility index (Phi) is 4.42. The average Bonchev–Trinajstić information content (AvgIpc) is 2.53. The van der Waals surface area contributed by atoms with Gasteiger partial charge in [0, 0.05) is 13.6 Å². The zero-order valence-electron chi connectivity index (χ0n) is 9.33. The Labute approximate surface area is 108 Å². The highest BCUT2D eigenvalue weighted by atomic mass is 35.5. The summed E-state index contributed by atoms with van der Waals surface area (Å²) < 4.78 is 1.44. The van der Waals surface area contributed by atoms with E-state index >= 15 is 0 Å². The zero-order chi connectivity index (χ0) is 13.2. The Morgan fingerprint density at radius 1 is 1.53 bits per heavy atom. The van der Waals surface area contributed by atoms with E-state index in [1.165, 1.54) is 17.6 Å². The Bertz CT molecular complexity index is 457. The van der Waals surface area contributed by atoms with Crippen LogP contribution >= 0.6 is 23.2 Å². The summed E-state index contributed by atoms with van der Waals surface area (Å²) in [5, 5.41) is 11.7. The molecule has 1 aromatic rings. The maximum atomic E-state index is 11.7. The van der Waals surface area contributed by atoms with Gasteiger partial charge in [-0.2, -0.15) is 0 Å². The summed E-state index contributed by atoms with van der Waals surface area (Å²) in [6.07, 6.45) is 0.